The molecule has 0 spiro atoms. The molecule has 1 aromatic carbocycles. The minimum atomic E-state index is -3.95. The summed E-state index contributed by atoms with van der Waals surface area (Å²) in [7, 11) is -3.95. The molecule has 5 nitrogen and oxygen atoms in total. The fraction of sp³-hybridized carbons (Fsp3) is 0.417. The van der Waals surface area contributed by atoms with Crippen LogP contribution in [-0.4, -0.2) is 37.0 Å². The summed E-state index contributed by atoms with van der Waals surface area (Å²) in [5, 5.41) is 18.4. The van der Waals surface area contributed by atoms with Crippen LogP contribution < -0.4 is 0 Å². The van der Waals surface area contributed by atoms with Crippen molar-refractivity contribution in [2.75, 3.05) is 13.1 Å². The SMILES string of the molecule is N#Cc1c(F)cccc1S(=O)(=O)N1CCCC(O)C1. The van der Waals surface area contributed by atoms with Gasteiger partial charge in [-0.25, -0.2) is 12.8 Å². The average Bonchev–Trinajstić information content (AvgIpc) is 2.38. The number of piperidine rings is 1. The van der Waals surface area contributed by atoms with Crippen molar-refractivity contribution in [2.45, 2.75) is 23.8 Å². The van der Waals surface area contributed by atoms with Gasteiger partial charge in [-0.1, -0.05) is 6.07 Å². The van der Waals surface area contributed by atoms with E-state index in [1.54, 1.807) is 6.07 Å². The molecule has 0 aromatic heterocycles. The van der Waals surface area contributed by atoms with Gasteiger partial charge < -0.3 is 5.11 Å². The van der Waals surface area contributed by atoms with Gasteiger partial charge in [0.2, 0.25) is 10.0 Å². The highest BCUT2D eigenvalue weighted by atomic mass is 32.2. The highest BCUT2D eigenvalue weighted by Gasteiger charge is 2.31. The highest BCUT2D eigenvalue weighted by Crippen LogP contribution is 2.24. The number of aliphatic hydroxyl groups is 1. The molecule has 1 saturated heterocycles. The van der Waals surface area contributed by atoms with Crippen molar-refractivity contribution in [3.8, 4) is 6.07 Å². The summed E-state index contributed by atoms with van der Waals surface area (Å²) >= 11 is 0. The van der Waals surface area contributed by atoms with Crippen molar-refractivity contribution in [3.05, 3.63) is 29.6 Å². The van der Waals surface area contributed by atoms with Gasteiger partial charge in [-0.05, 0) is 25.0 Å². The van der Waals surface area contributed by atoms with Gasteiger partial charge in [-0.3, -0.25) is 0 Å². The standard InChI is InChI=1S/C12H13FN2O3S/c13-11-4-1-5-12(10(11)7-14)19(17,18)15-6-2-3-9(16)8-15/h1,4-5,9,16H,2-3,6,8H2. The first-order valence-corrected chi connectivity index (χ1v) is 7.27. The summed E-state index contributed by atoms with van der Waals surface area (Å²) in [6, 6.07) is 5.08. The number of rotatable bonds is 2. The molecule has 0 saturated carbocycles. The number of hydrogen-bond donors (Lipinski definition) is 1. The van der Waals surface area contributed by atoms with Crippen LogP contribution in [0.25, 0.3) is 0 Å². The molecule has 0 radical (unpaired) electrons. The van der Waals surface area contributed by atoms with Gasteiger partial charge in [-0.15, -0.1) is 0 Å². The second-order valence-electron chi connectivity index (χ2n) is 4.38. The molecule has 0 bridgehead atoms. The molecule has 102 valence electrons. The lowest BCUT2D eigenvalue weighted by Gasteiger charge is -2.29. The molecular formula is C12H13FN2O3S. The first-order valence-electron chi connectivity index (χ1n) is 5.83. The molecule has 2 rings (SSSR count). The van der Waals surface area contributed by atoms with E-state index in [1.807, 2.05) is 0 Å². The van der Waals surface area contributed by atoms with Gasteiger partial charge in [0, 0.05) is 13.1 Å². The highest BCUT2D eigenvalue weighted by molar-refractivity contribution is 7.89. The van der Waals surface area contributed by atoms with E-state index >= 15 is 0 Å². The normalized spacial score (nSPS) is 21.0. The van der Waals surface area contributed by atoms with Crippen molar-refractivity contribution in [3.63, 3.8) is 0 Å². The van der Waals surface area contributed by atoms with E-state index < -0.39 is 27.5 Å². The third-order valence-corrected chi connectivity index (χ3v) is 4.97. The van der Waals surface area contributed by atoms with Crippen molar-refractivity contribution >= 4 is 10.0 Å². The van der Waals surface area contributed by atoms with Crippen molar-refractivity contribution < 1.29 is 17.9 Å². The van der Waals surface area contributed by atoms with Gasteiger partial charge in [0.1, 0.15) is 22.3 Å². The fourth-order valence-corrected chi connectivity index (χ4v) is 3.77. The molecule has 1 aliphatic heterocycles. The molecule has 7 heteroatoms. The maximum absolute atomic E-state index is 13.5. The zero-order valence-corrected chi connectivity index (χ0v) is 10.9. The zero-order valence-electron chi connectivity index (χ0n) is 10.1. The van der Waals surface area contributed by atoms with Gasteiger partial charge in [0.15, 0.2) is 0 Å². The number of nitrogens with zero attached hydrogens (tertiary/aromatic N) is 2. The van der Waals surface area contributed by atoms with E-state index in [-0.39, 0.29) is 18.0 Å². The third kappa shape index (κ3) is 2.61. The van der Waals surface area contributed by atoms with Gasteiger partial charge in [-0.2, -0.15) is 9.57 Å². The predicted molar refractivity (Wildman–Crippen MR) is 65.1 cm³/mol. The summed E-state index contributed by atoms with van der Waals surface area (Å²) in [5.74, 6) is -0.860. The Morgan fingerprint density at radius 1 is 1.47 bits per heavy atom. The zero-order chi connectivity index (χ0) is 14.0. The van der Waals surface area contributed by atoms with Crippen molar-refractivity contribution in [1.82, 2.24) is 4.31 Å². The van der Waals surface area contributed by atoms with E-state index in [9.17, 15) is 17.9 Å². The summed E-state index contributed by atoms with van der Waals surface area (Å²) in [5.41, 5.74) is -0.484. The Kier molecular flexibility index (Phi) is 3.85. The molecule has 1 unspecified atom stereocenters. The topological polar surface area (TPSA) is 81.4 Å². The maximum atomic E-state index is 13.5. The summed E-state index contributed by atoms with van der Waals surface area (Å²) in [4.78, 5) is -0.343. The number of benzene rings is 1. The van der Waals surface area contributed by atoms with Crippen LogP contribution in [0.4, 0.5) is 4.39 Å². The molecule has 0 aliphatic carbocycles. The summed E-state index contributed by atoms with van der Waals surface area (Å²) in [6.07, 6.45) is 0.361. The predicted octanol–water partition coefficient (Wildman–Crippen LogP) is 0.843. The van der Waals surface area contributed by atoms with Gasteiger partial charge in [0.25, 0.3) is 0 Å². The molecule has 19 heavy (non-hydrogen) atoms. The quantitative estimate of drug-likeness (QED) is 0.872. The summed E-state index contributed by atoms with van der Waals surface area (Å²) < 4.78 is 39.3. The Labute approximate surface area is 110 Å². The van der Waals surface area contributed by atoms with Crippen molar-refractivity contribution in [1.29, 1.82) is 5.26 Å². The lowest BCUT2D eigenvalue weighted by molar-refractivity contribution is 0.108. The largest absolute Gasteiger partial charge is 0.392 e. The van der Waals surface area contributed by atoms with Crippen LogP contribution in [0.1, 0.15) is 18.4 Å². The Balaban J connectivity index is 2.46. The van der Waals surface area contributed by atoms with E-state index in [0.29, 0.717) is 12.8 Å². The molecule has 1 N–H and O–H groups in total. The Bertz CT molecular complexity index is 624. The number of β-amino-alcohol motifs (C(OH)–C–C–N with tert-alkyl or cyclic N) is 1. The minimum Gasteiger partial charge on any atom is -0.392 e. The van der Waals surface area contributed by atoms with E-state index in [0.717, 1.165) is 10.4 Å². The molecule has 1 atom stereocenters. The van der Waals surface area contributed by atoms with Crippen LogP contribution in [0.2, 0.25) is 0 Å². The maximum Gasteiger partial charge on any atom is 0.244 e. The Hall–Kier alpha value is -1.49. The molecule has 1 heterocycles. The molecule has 0 amide bonds. The van der Waals surface area contributed by atoms with Crippen LogP contribution in [0.3, 0.4) is 0 Å². The second-order valence-corrected chi connectivity index (χ2v) is 6.29. The van der Waals surface area contributed by atoms with E-state index in [1.165, 1.54) is 12.1 Å². The van der Waals surface area contributed by atoms with Crippen LogP contribution in [0.5, 0.6) is 0 Å². The molecule has 1 aromatic rings. The molecule has 1 fully saturated rings. The lowest BCUT2D eigenvalue weighted by atomic mass is 10.1. The first-order chi connectivity index (χ1) is 8.96. The third-order valence-electron chi connectivity index (χ3n) is 3.06. The van der Waals surface area contributed by atoms with E-state index in [2.05, 4.69) is 0 Å². The van der Waals surface area contributed by atoms with Crippen LogP contribution in [0, 0.1) is 17.1 Å². The number of hydrogen-bond acceptors (Lipinski definition) is 4. The molecule has 1 aliphatic rings. The van der Waals surface area contributed by atoms with E-state index in [4.69, 9.17) is 5.26 Å². The van der Waals surface area contributed by atoms with Gasteiger partial charge in [0.05, 0.1) is 6.10 Å². The number of aliphatic hydroxyl groups excluding tert-OH is 1. The van der Waals surface area contributed by atoms with Crippen molar-refractivity contribution in [2.24, 2.45) is 0 Å². The minimum absolute atomic E-state index is 0.0241. The number of sulfonamides is 1. The average molecular weight is 284 g/mol. The van der Waals surface area contributed by atoms with Crippen LogP contribution in [0.15, 0.2) is 23.1 Å². The summed E-state index contributed by atoms with van der Waals surface area (Å²) in [6.45, 7) is 0.241. The lowest BCUT2D eigenvalue weighted by Crippen LogP contribution is -2.42. The fourth-order valence-electron chi connectivity index (χ4n) is 2.11. The Morgan fingerprint density at radius 3 is 2.84 bits per heavy atom. The monoisotopic (exact) mass is 284 g/mol. The van der Waals surface area contributed by atoms with Crippen LogP contribution >= 0.6 is 0 Å². The number of nitriles is 1. The first kappa shape index (κ1) is 13.9. The smallest absolute Gasteiger partial charge is 0.244 e. The second kappa shape index (κ2) is 5.25. The Morgan fingerprint density at radius 2 is 2.21 bits per heavy atom. The van der Waals surface area contributed by atoms with Gasteiger partial charge >= 0.3 is 0 Å². The number of halogens is 1. The molecular weight excluding hydrogens is 271 g/mol. The van der Waals surface area contributed by atoms with Crippen LogP contribution in [-0.2, 0) is 10.0 Å².